The summed E-state index contributed by atoms with van der Waals surface area (Å²) in [5.41, 5.74) is 3.15. The standard InChI is InChI=1S/C14H15N3S/c1-11-6-2-3-8-13(11)17-14(18)16-10-12-7-4-5-9-15-12/h2-9H,10H2,1H3,(H2,16,17,18). The maximum absolute atomic E-state index is 5.24. The first-order valence-electron chi connectivity index (χ1n) is 5.76. The molecule has 0 atom stereocenters. The average Bonchev–Trinajstić information content (AvgIpc) is 2.40. The van der Waals surface area contributed by atoms with Crippen molar-refractivity contribution in [3.63, 3.8) is 0 Å². The van der Waals surface area contributed by atoms with Gasteiger partial charge in [0.25, 0.3) is 0 Å². The molecule has 4 heteroatoms. The maximum Gasteiger partial charge on any atom is 0.171 e. The number of benzene rings is 1. The van der Waals surface area contributed by atoms with Crippen molar-refractivity contribution in [2.75, 3.05) is 5.32 Å². The lowest BCUT2D eigenvalue weighted by atomic mass is 10.2. The Labute approximate surface area is 112 Å². The Balaban J connectivity index is 1.88. The van der Waals surface area contributed by atoms with E-state index in [1.54, 1.807) is 6.20 Å². The number of nitrogens with zero attached hydrogens (tertiary/aromatic N) is 1. The first-order valence-corrected chi connectivity index (χ1v) is 6.17. The van der Waals surface area contributed by atoms with Crippen LogP contribution in [-0.4, -0.2) is 10.1 Å². The summed E-state index contributed by atoms with van der Waals surface area (Å²) in [4.78, 5) is 4.23. The molecule has 1 aromatic carbocycles. The van der Waals surface area contributed by atoms with E-state index in [-0.39, 0.29) is 0 Å². The molecule has 0 aliphatic rings. The number of hydrogen-bond donors (Lipinski definition) is 2. The van der Waals surface area contributed by atoms with Crippen molar-refractivity contribution in [1.29, 1.82) is 0 Å². The first kappa shape index (κ1) is 12.5. The Kier molecular flexibility index (Phi) is 4.25. The second-order valence-corrected chi connectivity index (χ2v) is 4.35. The molecule has 2 aromatic rings. The molecule has 3 nitrogen and oxygen atoms in total. The number of nitrogens with one attached hydrogen (secondary N) is 2. The van der Waals surface area contributed by atoms with Crippen LogP contribution in [0, 0.1) is 6.92 Å². The fourth-order valence-electron chi connectivity index (χ4n) is 1.55. The zero-order chi connectivity index (χ0) is 12.8. The van der Waals surface area contributed by atoms with E-state index < -0.39 is 0 Å². The topological polar surface area (TPSA) is 37.0 Å². The Morgan fingerprint density at radius 1 is 1.17 bits per heavy atom. The van der Waals surface area contributed by atoms with E-state index in [9.17, 15) is 0 Å². The number of aryl methyl sites for hydroxylation is 1. The highest BCUT2D eigenvalue weighted by Crippen LogP contribution is 2.12. The van der Waals surface area contributed by atoms with Crippen molar-refractivity contribution in [3.8, 4) is 0 Å². The molecule has 2 N–H and O–H groups in total. The predicted molar refractivity (Wildman–Crippen MR) is 78.5 cm³/mol. The smallest absolute Gasteiger partial charge is 0.171 e. The number of anilines is 1. The molecule has 0 aliphatic heterocycles. The van der Waals surface area contributed by atoms with Crippen molar-refractivity contribution < 1.29 is 0 Å². The highest BCUT2D eigenvalue weighted by Gasteiger charge is 2.00. The molecule has 0 saturated carbocycles. The van der Waals surface area contributed by atoms with Gasteiger partial charge in [0.05, 0.1) is 12.2 Å². The number of thiocarbonyl (C=S) groups is 1. The molecule has 0 spiro atoms. The second kappa shape index (κ2) is 6.12. The minimum absolute atomic E-state index is 0.606. The van der Waals surface area contributed by atoms with Gasteiger partial charge in [0, 0.05) is 11.9 Å². The van der Waals surface area contributed by atoms with Crippen LogP contribution in [-0.2, 0) is 6.54 Å². The van der Waals surface area contributed by atoms with Gasteiger partial charge in [-0.1, -0.05) is 24.3 Å². The van der Waals surface area contributed by atoms with E-state index in [2.05, 4.69) is 15.6 Å². The molecule has 0 radical (unpaired) electrons. The van der Waals surface area contributed by atoms with Crippen LogP contribution in [0.5, 0.6) is 0 Å². The zero-order valence-corrected chi connectivity index (χ0v) is 11.0. The third-order valence-electron chi connectivity index (χ3n) is 2.55. The number of rotatable bonds is 3. The van der Waals surface area contributed by atoms with Crippen LogP contribution in [0.15, 0.2) is 48.7 Å². The van der Waals surface area contributed by atoms with Gasteiger partial charge in [-0.05, 0) is 42.9 Å². The molecule has 18 heavy (non-hydrogen) atoms. The summed E-state index contributed by atoms with van der Waals surface area (Å²) in [6, 6.07) is 13.9. The van der Waals surface area contributed by atoms with Gasteiger partial charge in [-0.15, -0.1) is 0 Å². The highest BCUT2D eigenvalue weighted by molar-refractivity contribution is 7.80. The summed E-state index contributed by atoms with van der Waals surface area (Å²) in [7, 11) is 0. The summed E-state index contributed by atoms with van der Waals surface area (Å²) < 4.78 is 0. The van der Waals surface area contributed by atoms with Gasteiger partial charge in [-0.25, -0.2) is 0 Å². The molecular weight excluding hydrogens is 242 g/mol. The van der Waals surface area contributed by atoms with Crippen LogP contribution in [0.3, 0.4) is 0 Å². The molecule has 0 bridgehead atoms. The third-order valence-corrected chi connectivity index (χ3v) is 2.80. The van der Waals surface area contributed by atoms with E-state index in [1.807, 2.05) is 49.4 Å². The number of pyridine rings is 1. The van der Waals surface area contributed by atoms with Crippen LogP contribution in [0.4, 0.5) is 5.69 Å². The van der Waals surface area contributed by atoms with Gasteiger partial charge in [0.1, 0.15) is 0 Å². The van der Waals surface area contributed by atoms with Crippen LogP contribution in [0.1, 0.15) is 11.3 Å². The first-order chi connectivity index (χ1) is 8.75. The van der Waals surface area contributed by atoms with Crippen LogP contribution >= 0.6 is 12.2 Å². The van der Waals surface area contributed by atoms with Gasteiger partial charge in [-0.3, -0.25) is 4.98 Å². The van der Waals surface area contributed by atoms with Gasteiger partial charge >= 0.3 is 0 Å². The lowest BCUT2D eigenvalue weighted by molar-refractivity contribution is 0.882. The van der Waals surface area contributed by atoms with Crippen molar-refractivity contribution >= 4 is 23.0 Å². The van der Waals surface area contributed by atoms with Gasteiger partial charge in [0.15, 0.2) is 5.11 Å². The van der Waals surface area contributed by atoms with Crippen molar-refractivity contribution in [1.82, 2.24) is 10.3 Å². The molecule has 2 rings (SSSR count). The normalized spacial score (nSPS) is 9.83. The third kappa shape index (κ3) is 3.53. The van der Waals surface area contributed by atoms with E-state index in [0.717, 1.165) is 11.4 Å². The zero-order valence-electron chi connectivity index (χ0n) is 10.2. The van der Waals surface area contributed by atoms with Gasteiger partial charge < -0.3 is 10.6 Å². The van der Waals surface area contributed by atoms with Crippen molar-refractivity contribution in [2.24, 2.45) is 0 Å². The van der Waals surface area contributed by atoms with Crippen molar-refractivity contribution in [3.05, 3.63) is 59.9 Å². The van der Waals surface area contributed by atoms with E-state index in [4.69, 9.17) is 12.2 Å². The summed E-state index contributed by atoms with van der Waals surface area (Å²) in [6.07, 6.45) is 1.77. The number of hydrogen-bond acceptors (Lipinski definition) is 2. The molecule has 0 aliphatic carbocycles. The van der Waals surface area contributed by atoms with Crippen LogP contribution < -0.4 is 10.6 Å². The molecule has 92 valence electrons. The monoisotopic (exact) mass is 257 g/mol. The molecule has 1 aromatic heterocycles. The number of para-hydroxylation sites is 1. The Morgan fingerprint density at radius 2 is 1.94 bits per heavy atom. The minimum Gasteiger partial charge on any atom is -0.357 e. The summed E-state index contributed by atoms with van der Waals surface area (Å²) >= 11 is 5.24. The SMILES string of the molecule is Cc1ccccc1NC(=S)NCc1ccccn1. The highest BCUT2D eigenvalue weighted by atomic mass is 32.1. The second-order valence-electron chi connectivity index (χ2n) is 3.94. The average molecular weight is 257 g/mol. The lowest BCUT2D eigenvalue weighted by Crippen LogP contribution is -2.28. The Hall–Kier alpha value is -1.94. The Morgan fingerprint density at radius 3 is 2.67 bits per heavy atom. The molecule has 1 heterocycles. The van der Waals surface area contributed by atoms with Crippen LogP contribution in [0.2, 0.25) is 0 Å². The van der Waals surface area contributed by atoms with E-state index in [1.165, 1.54) is 5.56 Å². The molecule has 0 unspecified atom stereocenters. The van der Waals surface area contributed by atoms with Crippen LogP contribution in [0.25, 0.3) is 0 Å². The fraction of sp³-hybridized carbons (Fsp3) is 0.143. The van der Waals surface area contributed by atoms with E-state index in [0.29, 0.717) is 11.7 Å². The van der Waals surface area contributed by atoms with E-state index >= 15 is 0 Å². The molecule has 0 saturated heterocycles. The molecular formula is C14H15N3S. The Bertz CT molecular complexity index is 526. The molecule has 0 fully saturated rings. The van der Waals surface area contributed by atoms with Gasteiger partial charge in [0.2, 0.25) is 0 Å². The fourth-order valence-corrected chi connectivity index (χ4v) is 1.74. The number of aromatic nitrogens is 1. The summed E-state index contributed by atoms with van der Waals surface area (Å²) in [5.74, 6) is 0. The predicted octanol–water partition coefficient (Wildman–Crippen LogP) is 2.88. The van der Waals surface area contributed by atoms with Crippen molar-refractivity contribution in [2.45, 2.75) is 13.5 Å². The molecule has 0 amide bonds. The maximum atomic E-state index is 5.24. The van der Waals surface area contributed by atoms with Gasteiger partial charge in [-0.2, -0.15) is 0 Å². The summed E-state index contributed by atoms with van der Waals surface area (Å²) in [5, 5.41) is 6.91. The summed E-state index contributed by atoms with van der Waals surface area (Å²) in [6.45, 7) is 2.67. The lowest BCUT2D eigenvalue weighted by Gasteiger charge is -2.11. The largest absolute Gasteiger partial charge is 0.357 e. The quantitative estimate of drug-likeness (QED) is 0.829. The minimum atomic E-state index is 0.606.